The number of ether oxygens (including phenoxy) is 1. The van der Waals surface area contributed by atoms with Crippen molar-refractivity contribution in [3.63, 3.8) is 0 Å². The molecule has 0 bridgehead atoms. The van der Waals surface area contributed by atoms with Gasteiger partial charge in [0.05, 0.1) is 0 Å². The quantitative estimate of drug-likeness (QED) is 0.496. The zero-order valence-corrected chi connectivity index (χ0v) is 6.82. The normalized spacial score (nSPS) is 9.54. The molecule has 1 rings (SSSR count). The van der Waals surface area contributed by atoms with Gasteiger partial charge in [-0.05, 0) is 0 Å². The van der Waals surface area contributed by atoms with Crippen molar-refractivity contribution in [2.75, 3.05) is 0 Å². The van der Waals surface area contributed by atoms with Crippen molar-refractivity contribution in [1.29, 1.82) is 0 Å². The third-order valence-electron chi connectivity index (χ3n) is 1.34. The van der Waals surface area contributed by atoms with Crippen LogP contribution in [0.3, 0.4) is 0 Å². The first kappa shape index (κ1) is 9.31. The predicted molar refractivity (Wildman–Crippen MR) is 42.0 cm³/mol. The number of allylic oxidation sites excluding steroid dienone is 1. The minimum absolute atomic E-state index is 0.0988. The molecule has 0 radical (unpaired) electrons. The summed E-state index contributed by atoms with van der Waals surface area (Å²) in [6.07, 6.45) is 1.92. The Hall–Kier alpha value is -1.78. The SMILES string of the molecule is C=CCc1oc(=O)oc1COC=O. The lowest BCUT2D eigenvalue weighted by molar-refractivity contribution is -0.130. The van der Waals surface area contributed by atoms with Gasteiger partial charge in [0, 0.05) is 6.42 Å². The van der Waals surface area contributed by atoms with Crippen LogP contribution in [0.25, 0.3) is 0 Å². The fourth-order valence-corrected chi connectivity index (χ4v) is 0.842. The fourth-order valence-electron chi connectivity index (χ4n) is 0.842. The largest absolute Gasteiger partial charge is 0.519 e. The molecule has 1 aromatic rings. The molecular formula is C8H8O5. The van der Waals surface area contributed by atoms with Gasteiger partial charge < -0.3 is 13.6 Å². The van der Waals surface area contributed by atoms with Gasteiger partial charge in [0.1, 0.15) is 0 Å². The summed E-state index contributed by atoms with van der Waals surface area (Å²) in [6, 6.07) is 0. The molecule has 5 heteroatoms. The van der Waals surface area contributed by atoms with E-state index in [1.54, 1.807) is 6.08 Å². The van der Waals surface area contributed by atoms with E-state index >= 15 is 0 Å². The van der Waals surface area contributed by atoms with E-state index in [1.807, 2.05) is 0 Å². The van der Waals surface area contributed by atoms with E-state index < -0.39 is 5.82 Å². The molecule has 0 spiro atoms. The maximum atomic E-state index is 10.6. The fraction of sp³-hybridized carbons (Fsp3) is 0.250. The van der Waals surface area contributed by atoms with Crippen LogP contribution in [-0.4, -0.2) is 6.47 Å². The molecule has 0 atom stereocenters. The number of hydrogen-bond acceptors (Lipinski definition) is 5. The van der Waals surface area contributed by atoms with Crippen molar-refractivity contribution in [1.82, 2.24) is 0 Å². The van der Waals surface area contributed by atoms with Crippen molar-refractivity contribution in [3.8, 4) is 0 Å². The maximum absolute atomic E-state index is 10.6. The third kappa shape index (κ3) is 2.33. The van der Waals surface area contributed by atoms with E-state index in [2.05, 4.69) is 20.2 Å². The third-order valence-corrected chi connectivity index (χ3v) is 1.34. The topological polar surface area (TPSA) is 69.7 Å². The Labute approximate surface area is 73.6 Å². The Morgan fingerprint density at radius 2 is 2.08 bits per heavy atom. The van der Waals surface area contributed by atoms with Gasteiger partial charge in [0.15, 0.2) is 18.1 Å². The highest BCUT2D eigenvalue weighted by molar-refractivity contribution is 5.37. The highest BCUT2D eigenvalue weighted by Crippen LogP contribution is 2.08. The molecule has 0 aromatic carbocycles. The summed E-state index contributed by atoms with van der Waals surface area (Å²) in [5.41, 5.74) is 0. The average Bonchev–Trinajstić information content (AvgIpc) is 2.44. The Bertz CT molecular complexity index is 346. The average molecular weight is 184 g/mol. The lowest BCUT2D eigenvalue weighted by Gasteiger charge is -1.94. The van der Waals surface area contributed by atoms with Crippen LogP contribution in [0.15, 0.2) is 26.3 Å². The molecule has 0 aliphatic heterocycles. The Kier molecular flexibility index (Phi) is 3.08. The zero-order valence-electron chi connectivity index (χ0n) is 6.82. The molecule has 0 aliphatic carbocycles. The molecule has 0 saturated heterocycles. The summed E-state index contributed by atoms with van der Waals surface area (Å²) in [5, 5.41) is 0. The highest BCUT2D eigenvalue weighted by Gasteiger charge is 2.11. The summed E-state index contributed by atoms with van der Waals surface area (Å²) in [5.74, 6) is -0.250. The first-order valence-corrected chi connectivity index (χ1v) is 3.55. The lowest BCUT2D eigenvalue weighted by Crippen LogP contribution is -1.92. The molecule has 13 heavy (non-hydrogen) atoms. The monoisotopic (exact) mass is 184 g/mol. The molecule has 0 fully saturated rings. The predicted octanol–water partition coefficient (Wildman–Crippen LogP) is 0.634. The second-order valence-electron chi connectivity index (χ2n) is 2.20. The van der Waals surface area contributed by atoms with Crippen LogP contribution in [-0.2, 0) is 22.6 Å². The standard InChI is InChI=1S/C8H8O5/c1-2-3-6-7(4-11-5-9)13-8(10)12-6/h2,5H,1,3-4H2. The highest BCUT2D eigenvalue weighted by atomic mass is 16.6. The van der Waals surface area contributed by atoms with Crippen molar-refractivity contribution in [2.45, 2.75) is 13.0 Å². The summed E-state index contributed by atoms with van der Waals surface area (Å²) in [7, 11) is 0. The van der Waals surface area contributed by atoms with Crippen molar-refractivity contribution < 1.29 is 18.4 Å². The summed E-state index contributed by atoms with van der Waals surface area (Å²) in [6.45, 7) is 3.64. The molecular weight excluding hydrogens is 176 g/mol. The van der Waals surface area contributed by atoms with Crippen LogP contribution < -0.4 is 5.82 Å². The first-order valence-electron chi connectivity index (χ1n) is 3.55. The van der Waals surface area contributed by atoms with Crippen LogP contribution in [0.1, 0.15) is 11.5 Å². The van der Waals surface area contributed by atoms with Crippen LogP contribution in [0, 0.1) is 0 Å². The van der Waals surface area contributed by atoms with Crippen LogP contribution >= 0.6 is 0 Å². The minimum atomic E-state index is -0.804. The lowest BCUT2D eigenvalue weighted by atomic mass is 10.3. The molecule has 0 aliphatic rings. The van der Waals surface area contributed by atoms with Crippen LogP contribution in [0.4, 0.5) is 0 Å². The smallest absolute Gasteiger partial charge is 0.460 e. The molecule has 0 N–H and O–H groups in total. The van der Waals surface area contributed by atoms with Crippen LogP contribution in [0.2, 0.25) is 0 Å². The maximum Gasteiger partial charge on any atom is 0.519 e. The molecule has 0 unspecified atom stereocenters. The Morgan fingerprint density at radius 3 is 2.69 bits per heavy atom. The van der Waals surface area contributed by atoms with Gasteiger partial charge in [0.2, 0.25) is 0 Å². The van der Waals surface area contributed by atoms with Crippen molar-refractivity contribution >= 4 is 6.47 Å². The van der Waals surface area contributed by atoms with Gasteiger partial charge in [0.25, 0.3) is 6.47 Å². The molecule has 0 saturated carbocycles. The van der Waals surface area contributed by atoms with Gasteiger partial charge in [-0.2, -0.15) is 0 Å². The van der Waals surface area contributed by atoms with E-state index in [9.17, 15) is 9.59 Å². The molecule has 70 valence electrons. The summed E-state index contributed by atoms with van der Waals surface area (Å²) < 4.78 is 13.7. The Balaban J connectivity index is 2.83. The number of rotatable bonds is 5. The first-order chi connectivity index (χ1) is 6.27. The van der Waals surface area contributed by atoms with E-state index in [-0.39, 0.29) is 18.8 Å². The number of hydrogen-bond donors (Lipinski definition) is 0. The Morgan fingerprint density at radius 1 is 1.38 bits per heavy atom. The van der Waals surface area contributed by atoms with E-state index in [4.69, 9.17) is 0 Å². The van der Waals surface area contributed by atoms with Gasteiger partial charge >= 0.3 is 5.82 Å². The summed E-state index contributed by atoms with van der Waals surface area (Å²) >= 11 is 0. The van der Waals surface area contributed by atoms with Gasteiger partial charge in [-0.1, -0.05) is 6.08 Å². The van der Waals surface area contributed by atoms with Gasteiger partial charge in [-0.15, -0.1) is 6.58 Å². The second-order valence-corrected chi connectivity index (χ2v) is 2.20. The van der Waals surface area contributed by atoms with Gasteiger partial charge in [-0.3, -0.25) is 4.79 Å². The van der Waals surface area contributed by atoms with E-state index in [0.29, 0.717) is 12.2 Å². The molecule has 1 heterocycles. The number of carbonyl (C=O) groups is 1. The van der Waals surface area contributed by atoms with E-state index in [1.165, 1.54) is 0 Å². The molecule has 1 aromatic heterocycles. The molecule has 0 amide bonds. The minimum Gasteiger partial charge on any atom is -0.460 e. The van der Waals surface area contributed by atoms with Crippen molar-refractivity contribution in [3.05, 3.63) is 34.8 Å². The van der Waals surface area contributed by atoms with Crippen LogP contribution in [0.5, 0.6) is 0 Å². The molecule has 5 nitrogen and oxygen atoms in total. The summed E-state index contributed by atoms with van der Waals surface area (Å²) in [4.78, 5) is 20.5. The van der Waals surface area contributed by atoms with E-state index in [0.717, 1.165) is 0 Å². The van der Waals surface area contributed by atoms with Gasteiger partial charge in [-0.25, -0.2) is 4.79 Å². The second kappa shape index (κ2) is 4.30. The van der Waals surface area contributed by atoms with Crippen molar-refractivity contribution in [2.24, 2.45) is 0 Å². The number of carbonyl (C=O) groups excluding carboxylic acids is 1. The zero-order chi connectivity index (χ0) is 9.68.